The normalized spacial score (nSPS) is 15.1. The highest BCUT2D eigenvalue weighted by Crippen LogP contribution is 2.22. The van der Waals surface area contributed by atoms with Crippen LogP contribution >= 0.6 is 0 Å². The van der Waals surface area contributed by atoms with Gasteiger partial charge >= 0.3 is 0 Å². The van der Waals surface area contributed by atoms with Gasteiger partial charge in [0.15, 0.2) is 0 Å². The molecule has 2 aromatic carbocycles. The van der Waals surface area contributed by atoms with E-state index in [-0.39, 0.29) is 12.5 Å². The van der Waals surface area contributed by atoms with Crippen molar-refractivity contribution in [1.29, 1.82) is 0 Å². The van der Waals surface area contributed by atoms with E-state index in [4.69, 9.17) is 4.74 Å². The molecule has 5 heteroatoms. The molecule has 0 radical (unpaired) electrons. The Morgan fingerprint density at radius 1 is 1.00 bits per heavy atom. The Hall–Kier alpha value is -2.37. The van der Waals surface area contributed by atoms with Gasteiger partial charge in [-0.3, -0.25) is 9.69 Å². The number of piperazine rings is 1. The third-order valence-corrected chi connectivity index (χ3v) is 5.05. The lowest BCUT2D eigenvalue weighted by Crippen LogP contribution is -2.49. The van der Waals surface area contributed by atoms with Crippen molar-refractivity contribution in [3.05, 3.63) is 64.2 Å². The number of benzene rings is 2. The van der Waals surface area contributed by atoms with Crippen molar-refractivity contribution < 1.29 is 14.6 Å². The van der Waals surface area contributed by atoms with Crippen LogP contribution < -0.4 is 4.74 Å². The molecule has 3 rings (SSSR count). The van der Waals surface area contributed by atoms with Gasteiger partial charge in [0.1, 0.15) is 5.75 Å². The minimum absolute atomic E-state index is 0.0498. The van der Waals surface area contributed by atoms with E-state index in [0.717, 1.165) is 30.0 Å². The monoisotopic (exact) mass is 382 g/mol. The summed E-state index contributed by atoms with van der Waals surface area (Å²) >= 11 is 0. The Bertz CT molecular complexity index is 814. The van der Waals surface area contributed by atoms with Crippen LogP contribution in [-0.4, -0.2) is 47.1 Å². The van der Waals surface area contributed by atoms with Gasteiger partial charge < -0.3 is 14.7 Å². The molecule has 1 heterocycles. The molecule has 1 N–H and O–H groups in total. The fraction of sp³-hybridized carbons (Fsp3) is 0.435. The summed E-state index contributed by atoms with van der Waals surface area (Å²) in [6, 6.07) is 12.4. The Kier molecular flexibility index (Phi) is 6.70. The van der Waals surface area contributed by atoms with E-state index >= 15 is 0 Å². The van der Waals surface area contributed by atoms with Crippen molar-refractivity contribution in [2.45, 2.75) is 40.5 Å². The maximum Gasteiger partial charge on any atom is 0.237 e. The molecule has 0 aliphatic carbocycles. The second-order valence-corrected chi connectivity index (χ2v) is 7.56. The zero-order chi connectivity index (χ0) is 20.1. The predicted octanol–water partition coefficient (Wildman–Crippen LogP) is 3.04. The molecule has 28 heavy (non-hydrogen) atoms. The van der Waals surface area contributed by atoms with Crippen molar-refractivity contribution in [3.8, 4) is 5.75 Å². The minimum Gasteiger partial charge on any atom is -0.494 e. The molecular weight excluding hydrogens is 352 g/mol. The van der Waals surface area contributed by atoms with Crippen LogP contribution in [-0.2, 0) is 24.5 Å². The van der Waals surface area contributed by atoms with Crippen molar-refractivity contribution in [3.63, 3.8) is 0 Å². The van der Waals surface area contributed by atoms with E-state index in [1.165, 1.54) is 16.7 Å². The fourth-order valence-electron chi connectivity index (χ4n) is 3.85. The van der Waals surface area contributed by atoms with E-state index in [0.29, 0.717) is 26.2 Å². The molecule has 0 saturated carbocycles. The molecule has 5 nitrogen and oxygen atoms in total. The van der Waals surface area contributed by atoms with Gasteiger partial charge in [-0.05, 0) is 44.0 Å². The summed E-state index contributed by atoms with van der Waals surface area (Å²) in [5.41, 5.74) is 5.54. The molecule has 0 spiro atoms. The van der Waals surface area contributed by atoms with Gasteiger partial charge in [-0.25, -0.2) is 0 Å². The number of aliphatic hydroxyl groups is 1. The Morgan fingerprint density at radius 2 is 1.75 bits per heavy atom. The average Bonchev–Trinajstić information content (AvgIpc) is 2.64. The first-order valence-electron chi connectivity index (χ1n) is 9.91. The second-order valence-electron chi connectivity index (χ2n) is 7.56. The highest BCUT2D eigenvalue weighted by Gasteiger charge is 2.24. The summed E-state index contributed by atoms with van der Waals surface area (Å²) in [6.45, 7) is 10.0. The highest BCUT2D eigenvalue weighted by molar-refractivity contribution is 5.79. The smallest absolute Gasteiger partial charge is 0.237 e. The molecule has 1 aliphatic heterocycles. The number of rotatable bonds is 7. The first-order chi connectivity index (χ1) is 13.5. The van der Waals surface area contributed by atoms with Gasteiger partial charge in [0.05, 0.1) is 19.8 Å². The van der Waals surface area contributed by atoms with Gasteiger partial charge in [0.2, 0.25) is 5.91 Å². The van der Waals surface area contributed by atoms with E-state index in [1.54, 1.807) is 0 Å². The number of carbonyl (C=O) groups excluding carboxylic acids is 1. The molecule has 1 fully saturated rings. The summed E-state index contributed by atoms with van der Waals surface area (Å²) < 4.78 is 5.54. The van der Waals surface area contributed by atoms with Crippen LogP contribution in [0.1, 0.15) is 34.7 Å². The maximum atomic E-state index is 12.7. The third kappa shape index (κ3) is 5.12. The fourth-order valence-corrected chi connectivity index (χ4v) is 3.85. The van der Waals surface area contributed by atoms with Crippen molar-refractivity contribution in [2.75, 3.05) is 26.2 Å². The lowest BCUT2D eigenvalue weighted by Gasteiger charge is -2.34. The van der Waals surface area contributed by atoms with Gasteiger partial charge in [-0.15, -0.1) is 0 Å². The number of hydrogen-bond acceptors (Lipinski definition) is 4. The van der Waals surface area contributed by atoms with E-state index < -0.39 is 0 Å². The van der Waals surface area contributed by atoms with Gasteiger partial charge in [-0.2, -0.15) is 0 Å². The maximum absolute atomic E-state index is 12.7. The van der Waals surface area contributed by atoms with Crippen LogP contribution in [0, 0.1) is 13.8 Å². The number of ether oxygens (including phenoxy) is 1. The zero-order valence-corrected chi connectivity index (χ0v) is 17.1. The third-order valence-electron chi connectivity index (χ3n) is 5.05. The predicted molar refractivity (Wildman–Crippen MR) is 110 cm³/mol. The lowest BCUT2D eigenvalue weighted by molar-refractivity contribution is -0.136. The molecule has 1 saturated heterocycles. The first-order valence-corrected chi connectivity index (χ1v) is 9.91. The second kappa shape index (κ2) is 9.22. The quantitative estimate of drug-likeness (QED) is 0.800. The highest BCUT2D eigenvalue weighted by atomic mass is 16.5. The molecular formula is C23H30N2O3. The van der Waals surface area contributed by atoms with Crippen LogP contribution in [0.3, 0.4) is 0 Å². The van der Waals surface area contributed by atoms with E-state index in [1.807, 2.05) is 30.0 Å². The van der Waals surface area contributed by atoms with Crippen LogP contribution in [0.2, 0.25) is 0 Å². The number of aryl methyl sites for hydroxylation is 2. The number of hydrogen-bond donors (Lipinski definition) is 1. The lowest BCUT2D eigenvalue weighted by atomic mass is 10.1. The van der Waals surface area contributed by atoms with Crippen LogP contribution in [0.5, 0.6) is 5.75 Å². The first kappa shape index (κ1) is 20.4. The summed E-state index contributed by atoms with van der Waals surface area (Å²) in [5.74, 6) is 0.891. The summed E-state index contributed by atoms with van der Waals surface area (Å²) in [5, 5.41) is 9.58. The number of amides is 1. The van der Waals surface area contributed by atoms with Gasteiger partial charge in [-0.1, -0.05) is 35.4 Å². The standard InChI is InChI=1S/C23H30N2O3/c1-4-28-22-6-5-19(12-21(22)16-26)13-24-7-8-25(23(27)15-24)14-20-10-17(2)9-18(3)11-20/h5-6,9-12,26H,4,7-8,13-16H2,1-3H3. The molecule has 1 aliphatic rings. The molecule has 2 aromatic rings. The molecule has 0 atom stereocenters. The number of nitrogens with zero attached hydrogens (tertiary/aromatic N) is 2. The summed E-state index contributed by atoms with van der Waals surface area (Å²) in [6.07, 6.45) is 0. The van der Waals surface area contributed by atoms with Crippen LogP contribution in [0.4, 0.5) is 0 Å². The van der Waals surface area contributed by atoms with Crippen molar-refractivity contribution in [2.24, 2.45) is 0 Å². The molecule has 0 bridgehead atoms. The SMILES string of the molecule is CCOc1ccc(CN2CCN(Cc3cc(C)cc(C)c3)C(=O)C2)cc1CO. The van der Waals surface area contributed by atoms with Crippen molar-refractivity contribution in [1.82, 2.24) is 9.80 Å². The molecule has 1 amide bonds. The number of carbonyl (C=O) groups is 1. The largest absolute Gasteiger partial charge is 0.494 e. The summed E-state index contributed by atoms with van der Waals surface area (Å²) in [7, 11) is 0. The molecule has 150 valence electrons. The van der Waals surface area contributed by atoms with Gasteiger partial charge in [0.25, 0.3) is 0 Å². The average molecular weight is 383 g/mol. The van der Waals surface area contributed by atoms with E-state index in [2.05, 4.69) is 36.9 Å². The molecule has 0 aromatic heterocycles. The van der Waals surface area contributed by atoms with E-state index in [9.17, 15) is 9.90 Å². The minimum atomic E-state index is -0.0498. The Balaban J connectivity index is 1.60. The van der Waals surface area contributed by atoms with Crippen LogP contribution in [0.15, 0.2) is 36.4 Å². The Labute approximate surface area is 167 Å². The number of aliphatic hydroxyl groups excluding tert-OH is 1. The molecule has 0 unspecified atom stereocenters. The summed E-state index contributed by atoms with van der Waals surface area (Å²) in [4.78, 5) is 16.8. The van der Waals surface area contributed by atoms with Gasteiger partial charge in [0, 0.05) is 31.7 Å². The van der Waals surface area contributed by atoms with Crippen LogP contribution in [0.25, 0.3) is 0 Å². The zero-order valence-electron chi connectivity index (χ0n) is 17.1. The van der Waals surface area contributed by atoms with Crippen molar-refractivity contribution >= 4 is 5.91 Å². The topological polar surface area (TPSA) is 53.0 Å². The Morgan fingerprint density at radius 3 is 2.39 bits per heavy atom.